The lowest BCUT2D eigenvalue weighted by atomic mass is 10.1. The molecule has 0 spiro atoms. The third-order valence-corrected chi connectivity index (χ3v) is 11.8. The van der Waals surface area contributed by atoms with Gasteiger partial charge in [-0.2, -0.15) is 0 Å². The van der Waals surface area contributed by atoms with Crippen molar-refractivity contribution in [3.05, 3.63) is 24.3 Å². The second-order valence-electron chi connectivity index (χ2n) is 18.1. The smallest absolute Gasteiger partial charge is 0.223 e. The van der Waals surface area contributed by atoms with Crippen molar-refractivity contribution in [1.82, 2.24) is 26.2 Å². The quantitative estimate of drug-likeness (QED) is 0.0152. The van der Waals surface area contributed by atoms with Crippen LogP contribution in [0.5, 0.6) is 0 Å². The van der Waals surface area contributed by atoms with Gasteiger partial charge in [0.15, 0.2) is 5.96 Å². The molecule has 4 amide bonds. The van der Waals surface area contributed by atoms with Gasteiger partial charge in [-0.25, -0.2) is 0 Å². The standard InChI is InChI=1S/C53H102N8O4/c1-3-5-7-9-11-13-15-17-19-21-23-25-27-29-31-37-49(62)58-45-35-47-61(52(65)40-39-51(64)57-43-33-41-56-42-34-44-60-53(54)55)48-36-46-59-50(63)38-32-30-28-26-24-22-20-18-16-14-12-10-8-6-4-2/h17-20,56H,3-16,21-48H2,1-2H3,(H,57,64)(H,58,62)(H,59,63)(H4,54,55,60)/b19-17-,20-18-. The predicted octanol–water partition coefficient (Wildman–Crippen LogP) is 10.4. The Labute approximate surface area is 399 Å². The van der Waals surface area contributed by atoms with Crippen LogP contribution in [0.15, 0.2) is 29.3 Å². The molecule has 0 aliphatic rings. The number of allylic oxidation sites excluding steroid dienone is 4. The molecule has 0 aromatic heterocycles. The van der Waals surface area contributed by atoms with Gasteiger partial charge in [0.2, 0.25) is 23.6 Å². The number of amides is 4. The van der Waals surface area contributed by atoms with Gasteiger partial charge in [-0.05, 0) is 103 Å². The first-order valence-electron chi connectivity index (χ1n) is 26.9. The molecule has 0 aromatic carbocycles. The number of aliphatic imine (C=N–C) groups is 1. The molecule has 0 aromatic rings. The fourth-order valence-corrected chi connectivity index (χ4v) is 7.69. The summed E-state index contributed by atoms with van der Waals surface area (Å²) < 4.78 is 0. The number of hydrogen-bond acceptors (Lipinski definition) is 6. The number of nitrogens with two attached hydrogens (primary N) is 2. The number of carbonyl (C=O) groups excluding carboxylic acids is 4. The minimum Gasteiger partial charge on any atom is -0.370 e. The van der Waals surface area contributed by atoms with E-state index in [9.17, 15) is 19.2 Å². The van der Waals surface area contributed by atoms with Crippen molar-refractivity contribution in [2.24, 2.45) is 16.5 Å². The summed E-state index contributed by atoms with van der Waals surface area (Å²) in [5.74, 6) is -0.00123. The number of guanidine groups is 1. The van der Waals surface area contributed by atoms with Gasteiger partial charge in [0, 0.05) is 65.0 Å². The first-order chi connectivity index (χ1) is 31.8. The first-order valence-corrected chi connectivity index (χ1v) is 26.9. The highest BCUT2D eigenvalue weighted by Crippen LogP contribution is 2.12. The predicted molar refractivity (Wildman–Crippen MR) is 276 cm³/mol. The SMILES string of the molecule is CCCCCCCC/C=C\CCCCCCCC(=O)NCCCN(CCCNC(=O)CCCCCCC/C=C\CCCCCCCC)C(=O)CCC(=O)NCCCNCCCN=C(N)N. The van der Waals surface area contributed by atoms with Gasteiger partial charge in [-0.3, -0.25) is 24.2 Å². The van der Waals surface area contributed by atoms with E-state index in [0.29, 0.717) is 65.0 Å². The van der Waals surface area contributed by atoms with E-state index in [2.05, 4.69) is 64.4 Å². The van der Waals surface area contributed by atoms with E-state index in [-0.39, 0.29) is 42.4 Å². The molecule has 0 saturated heterocycles. The highest BCUT2D eigenvalue weighted by Gasteiger charge is 2.15. The maximum absolute atomic E-state index is 13.3. The zero-order valence-corrected chi connectivity index (χ0v) is 42.2. The van der Waals surface area contributed by atoms with E-state index in [1.54, 1.807) is 4.90 Å². The van der Waals surface area contributed by atoms with Gasteiger partial charge in [0.1, 0.15) is 0 Å². The summed E-state index contributed by atoms with van der Waals surface area (Å²) in [5.41, 5.74) is 10.7. The van der Waals surface area contributed by atoms with Crippen molar-refractivity contribution in [1.29, 1.82) is 0 Å². The summed E-state index contributed by atoms with van der Waals surface area (Å²) >= 11 is 0. The van der Waals surface area contributed by atoms with Crippen LogP contribution in [0.2, 0.25) is 0 Å². The van der Waals surface area contributed by atoms with Crippen LogP contribution in [-0.4, -0.2) is 86.8 Å². The topological polar surface area (TPSA) is 184 Å². The molecule has 0 unspecified atom stereocenters. The Bertz CT molecular complexity index is 1150. The van der Waals surface area contributed by atoms with Crippen molar-refractivity contribution < 1.29 is 19.2 Å². The van der Waals surface area contributed by atoms with Crippen LogP contribution in [0.3, 0.4) is 0 Å². The summed E-state index contributed by atoms with van der Waals surface area (Å²) in [4.78, 5) is 56.7. The Kier molecular flexibility index (Phi) is 47.4. The molecule has 0 saturated carbocycles. The zero-order valence-electron chi connectivity index (χ0n) is 42.2. The molecule has 0 bridgehead atoms. The zero-order chi connectivity index (χ0) is 47.5. The molecule has 0 heterocycles. The summed E-state index contributed by atoms with van der Waals surface area (Å²) in [6.45, 7) is 9.17. The van der Waals surface area contributed by atoms with Crippen LogP contribution in [0.1, 0.15) is 232 Å². The summed E-state index contributed by atoms with van der Waals surface area (Å²) in [7, 11) is 0. The Morgan fingerprint density at radius 1 is 0.415 bits per heavy atom. The van der Waals surface area contributed by atoms with Gasteiger partial charge in [-0.1, -0.05) is 141 Å². The lowest BCUT2D eigenvalue weighted by Crippen LogP contribution is -2.37. The molecular weight excluding hydrogens is 813 g/mol. The Hall–Kier alpha value is -3.41. The monoisotopic (exact) mass is 915 g/mol. The van der Waals surface area contributed by atoms with Gasteiger partial charge >= 0.3 is 0 Å². The van der Waals surface area contributed by atoms with Gasteiger partial charge in [0.25, 0.3) is 0 Å². The number of rotatable bonds is 49. The molecule has 12 nitrogen and oxygen atoms in total. The third-order valence-electron chi connectivity index (χ3n) is 11.8. The molecule has 0 radical (unpaired) electrons. The highest BCUT2D eigenvalue weighted by molar-refractivity contribution is 5.83. The number of unbranched alkanes of at least 4 members (excludes halogenated alkanes) is 22. The summed E-state index contributed by atoms with van der Waals surface area (Å²) in [6, 6.07) is 0. The molecule has 0 atom stereocenters. The number of hydrogen-bond donors (Lipinski definition) is 6. The third kappa shape index (κ3) is 48.3. The highest BCUT2D eigenvalue weighted by atomic mass is 16.2. The van der Waals surface area contributed by atoms with Crippen LogP contribution in [0.4, 0.5) is 0 Å². The van der Waals surface area contributed by atoms with Crippen LogP contribution in [0.25, 0.3) is 0 Å². The minimum absolute atomic E-state index is 0.0623. The van der Waals surface area contributed by atoms with Crippen molar-refractivity contribution in [3.8, 4) is 0 Å². The lowest BCUT2D eigenvalue weighted by Gasteiger charge is -2.23. The molecule has 0 fully saturated rings. The maximum Gasteiger partial charge on any atom is 0.223 e. The van der Waals surface area contributed by atoms with Crippen LogP contribution < -0.4 is 32.7 Å². The summed E-state index contributed by atoms with van der Waals surface area (Å²) in [5, 5.41) is 12.3. The molecule has 65 heavy (non-hydrogen) atoms. The Morgan fingerprint density at radius 2 is 0.785 bits per heavy atom. The van der Waals surface area contributed by atoms with Gasteiger partial charge < -0.3 is 37.6 Å². The van der Waals surface area contributed by atoms with Crippen molar-refractivity contribution in [2.75, 3.05) is 52.4 Å². The van der Waals surface area contributed by atoms with Crippen molar-refractivity contribution >= 4 is 29.6 Å². The molecule has 0 rings (SSSR count). The molecule has 12 heteroatoms. The fraction of sp³-hybridized carbons (Fsp3) is 0.830. The van der Waals surface area contributed by atoms with E-state index in [1.807, 2.05) is 0 Å². The molecule has 0 aliphatic heterocycles. The lowest BCUT2D eigenvalue weighted by molar-refractivity contribution is -0.133. The number of carbonyl (C=O) groups is 4. The van der Waals surface area contributed by atoms with Crippen molar-refractivity contribution in [3.63, 3.8) is 0 Å². The Balaban J connectivity index is 4.41. The minimum atomic E-state index is -0.142. The maximum atomic E-state index is 13.3. The van der Waals surface area contributed by atoms with E-state index in [1.165, 1.54) is 116 Å². The van der Waals surface area contributed by atoms with E-state index in [4.69, 9.17) is 11.5 Å². The fourth-order valence-electron chi connectivity index (χ4n) is 7.69. The van der Waals surface area contributed by atoms with Crippen LogP contribution in [0, 0.1) is 0 Å². The van der Waals surface area contributed by atoms with Crippen LogP contribution >= 0.6 is 0 Å². The number of nitrogens with zero attached hydrogens (tertiary/aromatic N) is 2. The van der Waals surface area contributed by atoms with E-state index in [0.717, 1.165) is 77.3 Å². The average molecular weight is 915 g/mol. The molecule has 8 N–H and O–H groups in total. The van der Waals surface area contributed by atoms with Crippen LogP contribution in [-0.2, 0) is 19.2 Å². The molecule has 378 valence electrons. The first kappa shape index (κ1) is 61.6. The summed E-state index contributed by atoms with van der Waals surface area (Å²) in [6.07, 6.45) is 45.5. The largest absolute Gasteiger partial charge is 0.370 e. The second-order valence-corrected chi connectivity index (χ2v) is 18.1. The number of nitrogens with one attached hydrogen (secondary N) is 4. The normalized spacial score (nSPS) is 11.4. The van der Waals surface area contributed by atoms with Crippen molar-refractivity contribution in [2.45, 2.75) is 232 Å². The average Bonchev–Trinajstić information content (AvgIpc) is 3.29. The molecule has 0 aliphatic carbocycles. The van der Waals surface area contributed by atoms with Gasteiger partial charge in [0.05, 0.1) is 0 Å². The van der Waals surface area contributed by atoms with Gasteiger partial charge in [-0.15, -0.1) is 0 Å². The second kappa shape index (κ2) is 50.0. The van der Waals surface area contributed by atoms with E-state index < -0.39 is 0 Å². The van der Waals surface area contributed by atoms with E-state index >= 15 is 0 Å². The Morgan fingerprint density at radius 3 is 1.22 bits per heavy atom. The molecular formula is C53H102N8O4.